The molecule has 1 atom stereocenters. The first-order valence-electron chi connectivity index (χ1n) is 6.57. The molecule has 1 saturated heterocycles. The van der Waals surface area contributed by atoms with Crippen molar-refractivity contribution in [2.24, 2.45) is 0 Å². The standard InChI is InChI=1S/C13H16N4O4/c1-3-14-9-5-4-6-10(12(9)17(20)21)16-7-11(18)15-13(19)8(16)2/h4-6,8,14H,3,7H2,1-2H3,(H,15,18,19). The summed E-state index contributed by atoms with van der Waals surface area (Å²) in [6.45, 7) is 3.87. The van der Waals surface area contributed by atoms with Crippen LogP contribution in [0.1, 0.15) is 13.8 Å². The summed E-state index contributed by atoms with van der Waals surface area (Å²) in [5.41, 5.74) is 0.494. The molecule has 0 spiro atoms. The van der Waals surface area contributed by atoms with E-state index in [9.17, 15) is 19.7 Å². The van der Waals surface area contributed by atoms with Crippen molar-refractivity contribution < 1.29 is 14.5 Å². The molecule has 2 rings (SSSR count). The first-order valence-corrected chi connectivity index (χ1v) is 6.57. The number of hydrogen-bond donors (Lipinski definition) is 2. The third kappa shape index (κ3) is 2.78. The molecule has 1 aliphatic rings. The molecule has 0 radical (unpaired) electrons. The lowest BCUT2D eigenvalue weighted by Crippen LogP contribution is -2.57. The molecule has 1 fully saturated rings. The van der Waals surface area contributed by atoms with E-state index >= 15 is 0 Å². The van der Waals surface area contributed by atoms with Gasteiger partial charge in [-0.05, 0) is 26.0 Å². The molecule has 0 bridgehead atoms. The maximum atomic E-state index is 11.7. The zero-order valence-electron chi connectivity index (χ0n) is 11.8. The molecule has 21 heavy (non-hydrogen) atoms. The molecule has 0 saturated carbocycles. The Morgan fingerprint density at radius 3 is 2.81 bits per heavy atom. The summed E-state index contributed by atoms with van der Waals surface area (Å²) in [4.78, 5) is 35.6. The molecule has 1 heterocycles. The summed E-state index contributed by atoms with van der Waals surface area (Å²) in [5, 5.41) is 16.5. The van der Waals surface area contributed by atoms with E-state index in [-0.39, 0.29) is 17.9 Å². The number of hydrogen-bond acceptors (Lipinski definition) is 6. The van der Waals surface area contributed by atoms with Crippen LogP contribution in [0.5, 0.6) is 0 Å². The van der Waals surface area contributed by atoms with E-state index in [0.29, 0.717) is 12.2 Å². The molecule has 1 aromatic carbocycles. The van der Waals surface area contributed by atoms with Gasteiger partial charge in [-0.25, -0.2) is 0 Å². The number of benzene rings is 1. The van der Waals surface area contributed by atoms with E-state index in [4.69, 9.17) is 0 Å². The van der Waals surface area contributed by atoms with Crippen LogP contribution in [0.2, 0.25) is 0 Å². The number of para-hydroxylation sites is 1. The Morgan fingerprint density at radius 1 is 1.48 bits per heavy atom. The van der Waals surface area contributed by atoms with Crippen molar-refractivity contribution in [2.75, 3.05) is 23.3 Å². The minimum Gasteiger partial charge on any atom is -0.380 e. The Kier molecular flexibility index (Phi) is 4.06. The van der Waals surface area contributed by atoms with E-state index < -0.39 is 22.8 Å². The SMILES string of the molecule is CCNc1cccc(N2CC(=O)NC(=O)C2C)c1[N+](=O)[O-]. The summed E-state index contributed by atoms with van der Waals surface area (Å²) >= 11 is 0. The zero-order chi connectivity index (χ0) is 15.6. The predicted octanol–water partition coefficient (Wildman–Crippen LogP) is 0.878. The smallest absolute Gasteiger partial charge is 0.315 e. The van der Waals surface area contributed by atoms with Crippen LogP contribution in [0.4, 0.5) is 17.1 Å². The second-order valence-electron chi connectivity index (χ2n) is 4.68. The number of rotatable bonds is 4. The summed E-state index contributed by atoms with van der Waals surface area (Å²) < 4.78 is 0. The van der Waals surface area contributed by atoms with Crippen LogP contribution in [0.3, 0.4) is 0 Å². The summed E-state index contributed by atoms with van der Waals surface area (Å²) in [5.74, 6) is -0.935. The van der Waals surface area contributed by atoms with Crippen molar-refractivity contribution in [3.05, 3.63) is 28.3 Å². The largest absolute Gasteiger partial charge is 0.380 e. The zero-order valence-corrected chi connectivity index (χ0v) is 11.8. The monoisotopic (exact) mass is 292 g/mol. The number of imide groups is 1. The number of nitro groups is 1. The van der Waals surface area contributed by atoms with Crippen LogP contribution >= 0.6 is 0 Å². The quantitative estimate of drug-likeness (QED) is 0.485. The van der Waals surface area contributed by atoms with E-state index in [1.807, 2.05) is 6.92 Å². The van der Waals surface area contributed by atoms with E-state index in [0.717, 1.165) is 0 Å². The van der Waals surface area contributed by atoms with Crippen molar-refractivity contribution in [1.82, 2.24) is 5.32 Å². The van der Waals surface area contributed by atoms with Gasteiger partial charge in [0.05, 0.1) is 11.5 Å². The predicted molar refractivity (Wildman–Crippen MR) is 77.2 cm³/mol. The van der Waals surface area contributed by atoms with Gasteiger partial charge < -0.3 is 10.2 Å². The van der Waals surface area contributed by atoms with Gasteiger partial charge in [-0.3, -0.25) is 25.0 Å². The number of nitro benzene ring substituents is 1. The summed E-state index contributed by atoms with van der Waals surface area (Å²) in [7, 11) is 0. The molecular weight excluding hydrogens is 276 g/mol. The highest BCUT2D eigenvalue weighted by atomic mass is 16.6. The van der Waals surface area contributed by atoms with Crippen LogP contribution in [-0.2, 0) is 9.59 Å². The van der Waals surface area contributed by atoms with Gasteiger partial charge in [0.1, 0.15) is 17.4 Å². The van der Waals surface area contributed by atoms with Gasteiger partial charge in [0.15, 0.2) is 0 Å². The number of anilines is 2. The van der Waals surface area contributed by atoms with Crippen LogP contribution in [0, 0.1) is 10.1 Å². The Hall–Kier alpha value is -2.64. The molecule has 8 nitrogen and oxygen atoms in total. The third-order valence-corrected chi connectivity index (χ3v) is 3.30. The van der Waals surface area contributed by atoms with Crippen molar-refractivity contribution in [2.45, 2.75) is 19.9 Å². The molecular formula is C13H16N4O4. The second-order valence-corrected chi connectivity index (χ2v) is 4.68. The van der Waals surface area contributed by atoms with Gasteiger partial charge in [0.25, 0.3) is 0 Å². The van der Waals surface area contributed by atoms with Crippen molar-refractivity contribution >= 4 is 28.9 Å². The van der Waals surface area contributed by atoms with Crippen LogP contribution in [0.25, 0.3) is 0 Å². The van der Waals surface area contributed by atoms with Gasteiger partial charge in [-0.2, -0.15) is 0 Å². The summed E-state index contributed by atoms with van der Waals surface area (Å²) in [6, 6.07) is 4.14. The molecule has 2 N–H and O–H groups in total. The average Bonchev–Trinajstić information content (AvgIpc) is 2.42. The lowest BCUT2D eigenvalue weighted by atomic mass is 10.1. The third-order valence-electron chi connectivity index (χ3n) is 3.30. The molecule has 0 aliphatic carbocycles. The number of nitrogens with one attached hydrogen (secondary N) is 2. The van der Waals surface area contributed by atoms with Crippen LogP contribution < -0.4 is 15.5 Å². The van der Waals surface area contributed by atoms with Crippen LogP contribution in [0.15, 0.2) is 18.2 Å². The van der Waals surface area contributed by atoms with Crippen molar-refractivity contribution in [3.8, 4) is 0 Å². The molecule has 2 amide bonds. The first kappa shape index (κ1) is 14.8. The topological polar surface area (TPSA) is 105 Å². The number of nitrogens with zero attached hydrogens (tertiary/aromatic N) is 2. The average molecular weight is 292 g/mol. The van der Waals surface area contributed by atoms with E-state index in [1.165, 1.54) is 4.90 Å². The molecule has 8 heteroatoms. The Balaban J connectivity index is 2.51. The van der Waals surface area contributed by atoms with Gasteiger partial charge in [0, 0.05) is 6.54 Å². The molecule has 1 aromatic rings. The minimum atomic E-state index is -0.654. The Labute approximate surface area is 121 Å². The summed E-state index contributed by atoms with van der Waals surface area (Å²) in [6.07, 6.45) is 0. The van der Waals surface area contributed by atoms with E-state index in [1.54, 1.807) is 25.1 Å². The minimum absolute atomic E-state index is 0.0939. The highest BCUT2D eigenvalue weighted by molar-refractivity contribution is 6.05. The van der Waals surface area contributed by atoms with E-state index in [2.05, 4.69) is 10.6 Å². The number of piperazine rings is 1. The lowest BCUT2D eigenvalue weighted by Gasteiger charge is -2.33. The number of carbonyl (C=O) groups excluding carboxylic acids is 2. The molecule has 1 aliphatic heterocycles. The highest BCUT2D eigenvalue weighted by Gasteiger charge is 2.34. The van der Waals surface area contributed by atoms with Crippen molar-refractivity contribution in [3.63, 3.8) is 0 Å². The molecule has 112 valence electrons. The molecule has 0 aromatic heterocycles. The lowest BCUT2D eigenvalue weighted by molar-refractivity contribution is -0.383. The van der Waals surface area contributed by atoms with Gasteiger partial charge in [-0.1, -0.05) is 6.07 Å². The van der Waals surface area contributed by atoms with Gasteiger partial charge in [0.2, 0.25) is 11.8 Å². The van der Waals surface area contributed by atoms with Crippen LogP contribution in [-0.4, -0.2) is 35.9 Å². The Morgan fingerprint density at radius 2 is 2.19 bits per heavy atom. The maximum absolute atomic E-state index is 11.7. The highest BCUT2D eigenvalue weighted by Crippen LogP contribution is 2.36. The Bertz CT molecular complexity index is 602. The first-order chi connectivity index (χ1) is 9.95. The fourth-order valence-electron chi connectivity index (χ4n) is 2.30. The van der Waals surface area contributed by atoms with Crippen molar-refractivity contribution in [1.29, 1.82) is 0 Å². The fourth-order valence-corrected chi connectivity index (χ4v) is 2.30. The number of carbonyl (C=O) groups is 2. The number of amides is 2. The molecule has 1 unspecified atom stereocenters. The maximum Gasteiger partial charge on any atom is 0.315 e. The van der Waals surface area contributed by atoms with Gasteiger partial charge >= 0.3 is 5.69 Å². The van der Waals surface area contributed by atoms with Gasteiger partial charge in [-0.15, -0.1) is 0 Å². The fraction of sp³-hybridized carbons (Fsp3) is 0.385. The normalized spacial score (nSPS) is 18.4. The second kappa shape index (κ2) is 5.78.